The number of benzene rings is 1. The Bertz CT molecular complexity index is 688. The Labute approximate surface area is 155 Å². The molecule has 1 aromatic carbocycles. The van der Waals surface area contributed by atoms with Gasteiger partial charge in [-0.05, 0) is 73.7 Å². The number of aromatic hydroxyl groups is 1. The quantitative estimate of drug-likeness (QED) is 0.725. The average molecular weight is 357 g/mol. The zero-order valence-electron chi connectivity index (χ0n) is 15.7. The maximum Gasteiger partial charge on any atom is 0.233 e. The van der Waals surface area contributed by atoms with Crippen molar-refractivity contribution in [2.75, 3.05) is 26.2 Å². The minimum atomic E-state index is -0.0938. The highest BCUT2D eigenvalue weighted by molar-refractivity contribution is 5.77. The summed E-state index contributed by atoms with van der Waals surface area (Å²) in [6.45, 7) is 5.41. The van der Waals surface area contributed by atoms with Gasteiger partial charge in [-0.2, -0.15) is 0 Å². The van der Waals surface area contributed by atoms with Crippen molar-refractivity contribution < 1.29 is 9.90 Å². The number of likely N-dealkylation sites (tertiary alicyclic amines) is 1. The van der Waals surface area contributed by atoms with Crippen LogP contribution in [0.15, 0.2) is 18.2 Å². The van der Waals surface area contributed by atoms with E-state index in [1.54, 1.807) is 0 Å². The van der Waals surface area contributed by atoms with Crippen LogP contribution in [0.2, 0.25) is 0 Å². The zero-order valence-corrected chi connectivity index (χ0v) is 15.7. The summed E-state index contributed by atoms with van der Waals surface area (Å²) in [7, 11) is 0. The summed E-state index contributed by atoms with van der Waals surface area (Å²) in [5, 5.41) is 13.1. The van der Waals surface area contributed by atoms with Gasteiger partial charge in [0.1, 0.15) is 5.75 Å². The van der Waals surface area contributed by atoms with Gasteiger partial charge in [0, 0.05) is 24.5 Å². The normalized spacial score (nSPS) is 30.7. The van der Waals surface area contributed by atoms with Crippen molar-refractivity contribution in [3.63, 3.8) is 0 Å². The second-order valence-electron chi connectivity index (χ2n) is 8.55. The molecule has 0 spiro atoms. The first-order chi connectivity index (χ1) is 12.5. The van der Waals surface area contributed by atoms with Crippen LogP contribution in [-0.4, -0.2) is 48.1 Å². The number of nitrogens with one attached hydrogen (secondary N) is 1. The number of carbonyl (C=O) groups excluding carboxylic acids is 1. The molecule has 1 aliphatic heterocycles. The molecule has 2 aliphatic carbocycles. The second-order valence-corrected chi connectivity index (χ2v) is 8.55. The molecule has 0 aromatic heterocycles. The molecule has 2 fully saturated rings. The number of hydrogen-bond donors (Lipinski definition) is 3. The molecular formula is C21H31N3O2. The molecule has 0 unspecified atom stereocenters. The monoisotopic (exact) mass is 357 g/mol. The van der Waals surface area contributed by atoms with Crippen LogP contribution in [0.3, 0.4) is 0 Å². The van der Waals surface area contributed by atoms with Crippen LogP contribution in [0, 0.1) is 11.8 Å². The highest BCUT2D eigenvalue weighted by Crippen LogP contribution is 2.52. The van der Waals surface area contributed by atoms with Gasteiger partial charge in [-0.15, -0.1) is 0 Å². The fourth-order valence-electron chi connectivity index (χ4n) is 5.38. The van der Waals surface area contributed by atoms with Crippen LogP contribution in [0.25, 0.3) is 0 Å². The van der Waals surface area contributed by atoms with Crippen LogP contribution in [0.5, 0.6) is 5.75 Å². The van der Waals surface area contributed by atoms with Crippen molar-refractivity contribution >= 4 is 5.91 Å². The van der Waals surface area contributed by atoms with E-state index in [0.29, 0.717) is 24.3 Å². The fourth-order valence-corrected chi connectivity index (χ4v) is 5.38. The summed E-state index contributed by atoms with van der Waals surface area (Å²) < 4.78 is 0. The third-order valence-corrected chi connectivity index (χ3v) is 7.09. The lowest BCUT2D eigenvalue weighted by Crippen LogP contribution is -2.60. The lowest BCUT2D eigenvalue weighted by Gasteiger charge is -2.56. The van der Waals surface area contributed by atoms with Gasteiger partial charge in [0.25, 0.3) is 0 Å². The van der Waals surface area contributed by atoms with E-state index in [1.165, 1.54) is 30.5 Å². The first kappa shape index (κ1) is 17.8. The van der Waals surface area contributed by atoms with Gasteiger partial charge in [-0.25, -0.2) is 0 Å². The Morgan fingerprint density at radius 3 is 2.96 bits per heavy atom. The topological polar surface area (TPSA) is 78.6 Å². The van der Waals surface area contributed by atoms with Gasteiger partial charge >= 0.3 is 0 Å². The summed E-state index contributed by atoms with van der Waals surface area (Å²) in [6.07, 6.45) is 5.84. The molecule has 3 atom stereocenters. The molecule has 1 aromatic rings. The molecule has 4 N–H and O–H groups in total. The van der Waals surface area contributed by atoms with Crippen molar-refractivity contribution in [1.82, 2.24) is 10.2 Å². The molecule has 26 heavy (non-hydrogen) atoms. The smallest absolute Gasteiger partial charge is 0.233 e. The fraction of sp³-hybridized carbons (Fsp3) is 0.667. The van der Waals surface area contributed by atoms with Crippen molar-refractivity contribution in [3.8, 4) is 5.75 Å². The van der Waals surface area contributed by atoms with E-state index >= 15 is 0 Å². The largest absolute Gasteiger partial charge is 0.508 e. The SMILES string of the molecule is C[C@H]1[C@H]2Cc3ccc(O)cc3[C@]1(CCNC(=O)CN)CCN2CC1CC1. The standard InChI is InChI=1S/C21H31N3O2/c1-14-19-10-16-4-5-17(25)11-18(16)21(14,6-8-23-20(26)12-22)7-9-24(19)13-15-2-3-15/h4-5,11,14-15,19,25H,2-3,6-10,12-13,22H2,1H3,(H,23,26)/t14-,19+,21+/m0/s1. The third-order valence-electron chi connectivity index (χ3n) is 7.09. The van der Waals surface area contributed by atoms with E-state index in [-0.39, 0.29) is 17.9 Å². The highest BCUT2D eigenvalue weighted by atomic mass is 16.3. The Morgan fingerprint density at radius 1 is 1.42 bits per heavy atom. The van der Waals surface area contributed by atoms with Gasteiger partial charge in [0.15, 0.2) is 0 Å². The van der Waals surface area contributed by atoms with Crippen molar-refractivity contribution in [1.29, 1.82) is 0 Å². The third kappa shape index (κ3) is 3.12. The average Bonchev–Trinajstić information content (AvgIpc) is 3.44. The molecule has 1 heterocycles. The minimum Gasteiger partial charge on any atom is -0.508 e. The number of phenolic OH excluding ortho intramolecular Hbond substituents is 1. The van der Waals surface area contributed by atoms with Gasteiger partial charge in [0.2, 0.25) is 5.91 Å². The summed E-state index contributed by atoms with van der Waals surface area (Å²) in [4.78, 5) is 14.3. The summed E-state index contributed by atoms with van der Waals surface area (Å²) in [5.74, 6) is 1.67. The number of carbonyl (C=O) groups is 1. The van der Waals surface area contributed by atoms with E-state index in [9.17, 15) is 9.90 Å². The molecule has 1 amide bonds. The Morgan fingerprint density at radius 2 is 2.23 bits per heavy atom. The molecular weight excluding hydrogens is 326 g/mol. The maximum atomic E-state index is 11.6. The Kier molecular flexibility index (Phi) is 4.70. The second kappa shape index (κ2) is 6.86. The Hall–Kier alpha value is -1.59. The van der Waals surface area contributed by atoms with Crippen molar-refractivity contribution in [2.24, 2.45) is 17.6 Å². The van der Waals surface area contributed by atoms with Crippen LogP contribution < -0.4 is 11.1 Å². The Balaban J connectivity index is 1.63. The molecule has 1 saturated heterocycles. The predicted octanol–water partition coefficient (Wildman–Crippen LogP) is 1.77. The number of amides is 1. The highest BCUT2D eigenvalue weighted by Gasteiger charge is 2.51. The molecule has 142 valence electrons. The van der Waals surface area contributed by atoms with E-state index in [4.69, 9.17) is 5.73 Å². The van der Waals surface area contributed by atoms with Gasteiger partial charge in [-0.3, -0.25) is 9.69 Å². The number of hydrogen-bond acceptors (Lipinski definition) is 4. The molecule has 3 aliphatic rings. The van der Waals surface area contributed by atoms with Gasteiger partial charge in [-0.1, -0.05) is 13.0 Å². The number of rotatable bonds is 6. The molecule has 0 radical (unpaired) electrons. The van der Waals surface area contributed by atoms with E-state index < -0.39 is 0 Å². The van der Waals surface area contributed by atoms with Crippen LogP contribution in [0.4, 0.5) is 0 Å². The van der Waals surface area contributed by atoms with Crippen molar-refractivity contribution in [3.05, 3.63) is 29.3 Å². The first-order valence-corrected chi connectivity index (χ1v) is 10.1. The summed E-state index contributed by atoms with van der Waals surface area (Å²) >= 11 is 0. The lowest BCUT2D eigenvalue weighted by atomic mass is 9.56. The molecule has 5 heteroatoms. The summed E-state index contributed by atoms with van der Waals surface area (Å²) in [5.41, 5.74) is 8.13. The van der Waals surface area contributed by atoms with Crippen LogP contribution in [-0.2, 0) is 16.6 Å². The lowest BCUT2D eigenvalue weighted by molar-refractivity contribution is -0.119. The van der Waals surface area contributed by atoms with Crippen LogP contribution in [0.1, 0.15) is 43.7 Å². The number of fused-ring (bicyclic) bond motifs is 4. The predicted molar refractivity (Wildman–Crippen MR) is 102 cm³/mol. The van der Waals surface area contributed by atoms with Crippen molar-refractivity contribution in [2.45, 2.75) is 50.5 Å². The molecule has 4 rings (SSSR count). The zero-order chi connectivity index (χ0) is 18.3. The number of nitrogens with two attached hydrogens (primary N) is 1. The van der Waals surface area contributed by atoms with E-state index in [0.717, 1.165) is 31.7 Å². The van der Waals surface area contributed by atoms with Crippen LogP contribution >= 0.6 is 0 Å². The minimum absolute atomic E-state index is 0.0267. The van der Waals surface area contributed by atoms with E-state index in [2.05, 4.69) is 23.2 Å². The van der Waals surface area contributed by atoms with Gasteiger partial charge in [0.05, 0.1) is 6.54 Å². The molecule has 2 bridgehead atoms. The molecule has 5 nitrogen and oxygen atoms in total. The first-order valence-electron chi connectivity index (χ1n) is 10.1. The molecule has 1 saturated carbocycles. The maximum absolute atomic E-state index is 11.6. The van der Waals surface area contributed by atoms with Gasteiger partial charge < -0.3 is 16.2 Å². The number of phenols is 1. The van der Waals surface area contributed by atoms with E-state index in [1.807, 2.05) is 12.1 Å². The number of nitrogens with zero attached hydrogens (tertiary/aromatic N) is 1. The summed E-state index contributed by atoms with van der Waals surface area (Å²) in [6, 6.07) is 6.46. The number of piperidine rings is 1.